The number of imide groups is 1. The van der Waals surface area contributed by atoms with E-state index >= 15 is 0 Å². The van der Waals surface area contributed by atoms with Gasteiger partial charge in [-0.25, -0.2) is 14.1 Å². The Morgan fingerprint density at radius 3 is 2.22 bits per heavy atom. The predicted molar refractivity (Wildman–Crippen MR) is 214 cm³/mol. The number of amides is 4. The van der Waals surface area contributed by atoms with E-state index in [1.165, 1.54) is 11.0 Å². The Labute approximate surface area is 337 Å². The molecule has 15 heteroatoms. The number of halogens is 5. The van der Waals surface area contributed by atoms with Gasteiger partial charge in [-0.1, -0.05) is 72.1 Å². The van der Waals surface area contributed by atoms with Crippen LogP contribution in [0.5, 0.6) is 5.75 Å². The molecule has 296 valence electrons. The number of anilines is 2. The van der Waals surface area contributed by atoms with E-state index in [-0.39, 0.29) is 52.7 Å². The Hall–Kier alpha value is -3.61. The molecular formula is C39H48Cl4FN3O7. The van der Waals surface area contributed by atoms with Gasteiger partial charge in [0.15, 0.2) is 10.6 Å². The fourth-order valence-electron chi connectivity index (χ4n) is 5.46. The summed E-state index contributed by atoms with van der Waals surface area (Å²) in [6, 6.07) is 8.35. The van der Waals surface area contributed by atoms with Crippen LogP contribution in [0.4, 0.5) is 20.6 Å². The molecule has 1 saturated heterocycles. The van der Waals surface area contributed by atoms with Gasteiger partial charge in [0.1, 0.15) is 24.2 Å². The van der Waals surface area contributed by atoms with Crippen LogP contribution in [0.1, 0.15) is 64.5 Å². The number of allylic oxidation sites excluding steroid dienone is 1. The van der Waals surface area contributed by atoms with Crippen LogP contribution in [0, 0.1) is 12.7 Å². The second-order valence-electron chi connectivity index (χ2n) is 12.2. The lowest BCUT2D eigenvalue weighted by atomic mass is 10.0. The van der Waals surface area contributed by atoms with E-state index in [0.717, 1.165) is 55.0 Å². The number of hydrogen-bond acceptors (Lipinski definition) is 7. The van der Waals surface area contributed by atoms with E-state index in [1.807, 2.05) is 32.0 Å². The zero-order chi connectivity index (χ0) is 40.5. The van der Waals surface area contributed by atoms with Gasteiger partial charge in [0.05, 0.1) is 22.5 Å². The summed E-state index contributed by atoms with van der Waals surface area (Å²) in [5, 5.41) is 0.102. The Morgan fingerprint density at radius 1 is 1.09 bits per heavy atom. The Balaban J connectivity index is 0.000000299. The van der Waals surface area contributed by atoms with Crippen LogP contribution in [-0.4, -0.2) is 72.0 Å². The molecule has 1 aliphatic heterocycles. The minimum absolute atomic E-state index is 0.00962. The third kappa shape index (κ3) is 13.0. The minimum Gasteiger partial charge on any atom is -0.489 e. The number of alkyl halides is 3. The number of para-hydroxylation sites is 1. The highest BCUT2D eigenvalue weighted by Crippen LogP contribution is 2.37. The third-order valence-corrected chi connectivity index (χ3v) is 8.97. The van der Waals surface area contributed by atoms with Crippen molar-refractivity contribution in [1.29, 1.82) is 0 Å². The fraction of sp³-hybridized carbons (Fsp3) is 0.436. The van der Waals surface area contributed by atoms with E-state index in [4.69, 9.17) is 60.6 Å². The van der Waals surface area contributed by atoms with Crippen molar-refractivity contribution in [3.8, 4) is 5.75 Å². The van der Waals surface area contributed by atoms with Crippen molar-refractivity contribution >= 4 is 81.6 Å². The van der Waals surface area contributed by atoms with Gasteiger partial charge in [-0.15, -0.1) is 24.8 Å². The second kappa shape index (κ2) is 23.3. The first-order valence-electron chi connectivity index (χ1n) is 17.4. The Bertz CT molecular complexity index is 1670. The van der Waals surface area contributed by atoms with E-state index < -0.39 is 22.7 Å². The lowest BCUT2D eigenvalue weighted by Gasteiger charge is -2.25. The van der Waals surface area contributed by atoms with Crippen LogP contribution in [0.15, 0.2) is 67.0 Å². The fourth-order valence-corrected chi connectivity index (χ4v) is 6.08. The van der Waals surface area contributed by atoms with E-state index in [2.05, 4.69) is 20.1 Å². The summed E-state index contributed by atoms with van der Waals surface area (Å²) in [5.74, 6) is -1.82. The summed E-state index contributed by atoms with van der Waals surface area (Å²) >= 11 is 22.5. The summed E-state index contributed by atoms with van der Waals surface area (Å²) in [7, 11) is 0. The molecule has 54 heavy (non-hydrogen) atoms. The highest BCUT2D eigenvalue weighted by molar-refractivity contribution is 6.53. The molecule has 2 aliphatic rings. The summed E-state index contributed by atoms with van der Waals surface area (Å²) in [4.78, 5) is 50.2. The van der Waals surface area contributed by atoms with Gasteiger partial charge in [-0.3, -0.25) is 19.3 Å². The smallest absolute Gasteiger partial charge is 0.427 e. The molecule has 0 unspecified atom stereocenters. The zero-order valence-corrected chi connectivity index (χ0v) is 34.3. The van der Waals surface area contributed by atoms with Gasteiger partial charge in [-0.05, 0) is 82.6 Å². The molecule has 0 aromatic heterocycles. The maximum absolute atomic E-state index is 14.3. The Kier molecular flexibility index (Phi) is 20.1. The first-order valence-corrected chi connectivity index (χ1v) is 19.2. The van der Waals surface area contributed by atoms with Crippen molar-refractivity contribution in [2.24, 2.45) is 0 Å². The van der Waals surface area contributed by atoms with Crippen LogP contribution in [0.25, 0.3) is 0 Å². The zero-order valence-electron chi connectivity index (χ0n) is 31.3. The molecule has 2 aromatic rings. The van der Waals surface area contributed by atoms with Crippen molar-refractivity contribution in [2.45, 2.75) is 77.7 Å². The molecule has 0 atom stereocenters. The molecule has 2 fully saturated rings. The molecule has 4 rings (SSSR count). The van der Waals surface area contributed by atoms with Crippen molar-refractivity contribution < 1.29 is 37.8 Å². The molecule has 1 heterocycles. The largest absolute Gasteiger partial charge is 0.489 e. The molecular weight excluding hydrogens is 783 g/mol. The van der Waals surface area contributed by atoms with Gasteiger partial charge in [0.2, 0.25) is 5.91 Å². The van der Waals surface area contributed by atoms with Crippen LogP contribution in [-0.2, 0) is 30.3 Å². The molecule has 10 nitrogen and oxygen atoms in total. The third-order valence-electron chi connectivity index (χ3n) is 8.07. The molecule has 0 spiro atoms. The van der Waals surface area contributed by atoms with Gasteiger partial charge in [0, 0.05) is 25.8 Å². The summed E-state index contributed by atoms with van der Waals surface area (Å²) in [6.45, 7) is 17.9. The molecule has 4 amide bonds. The first kappa shape index (κ1) is 46.5. The monoisotopic (exact) mass is 829 g/mol. The van der Waals surface area contributed by atoms with Gasteiger partial charge in [0.25, 0.3) is 5.91 Å². The number of cyclic esters (lactones) is 1. The lowest BCUT2D eigenvalue weighted by molar-refractivity contribution is -0.128. The maximum Gasteiger partial charge on any atom is 0.427 e. The normalized spacial score (nSPS) is 13.8. The van der Waals surface area contributed by atoms with Gasteiger partial charge < -0.3 is 19.1 Å². The van der Waals surface area contributed by atoms with E-state index in [0.29, 0.717) is 30.2 Å². The predicted octanol–water partition coefficient (Wildman–Crippen LogP) is 9.69. The van der Waals surface area contributed by atoms with Crippen molar-refractivity contribution in [1.82, 2.24) is 4.90 Å². The summed E-state index contributed by atoms with van der Waals surface area (Å²) in [5.41, 5.74) is 3.44. The van der Waals surface area contributed by atoms with Crippen molar-refractivity contribution in [2.75, 3.05) is 42.1 Å². The van der Waals surface area contributed by atoms with E-state index in [1.54, 1.807) is 30.9 Å². The highest BCUT2D eigenvalue weighted by Gasteiger charge is 2.40. The average Bonchev–Trinajstić information content (AvgIpc) is 3.76. The van der Waals surface area contributed by atoms with Crippen LogP contribution >= 0.6 is 46.4 Å². The topological polar surface area (TPSA) is 106 Å². The number of aryl methyl sites for hydroxylation is 2. The quantitative estimate of drug-likeness (QED) is 0.0808. The number of carbonyl (C=O) groups is 4. The minimum atomic E-state index is -1.01. The summed E-state index contributed by atoms with van der Waals surface area (Å²) < 4.78 is 30.4. The first-order chi connectivity index (χ1) is 25.7. The number of ether oxygens (including phenoxy) is 3. The highest BCUT2D eigenvalue weighted by atomic mass is 35.5. The van der Waals surface area contributed by atoms with Crippen LogP contribution < -0.4 is 14.5 Å². The summed E-state index contributed by atoms with van der Waals surface area (Å²) in [6.07, 6.45) is 7.09. The molecule has 1 aliphatic carbocycles. The van der Waals surface area contributed by atoms with Crippen LogP contribution in [0.2, 0.25) is 5.02 Å². The molecule has 1 saturated carbocycles. The van der Waals surface area contributed by atoms with Crippen LogP contribution in [0.3, 0.4) is 0 Å². The number of benzene rings is 2. The number of hydrogen-bond donors (Lipinski definition) is 0. The molecule has 2 aromatic carbocycles. The lowest BCUT2D eigenvalue weighted by Crippen LogP contribution is -2.35. The standard InChI is InChI=1S/C17H17ClFNO4.C14H20ClNO2.C8H11Cl2NO/c1-9(2)15-16(21)20(17(22)24-15)13-8-14(11(18)7-12(13)19)23-10-5-3-4-6-10;1-4-12-8-6-7-11(3)14(12)16(10-18-5-2)13(17)9-15;1-3-5-11(6-4-2)8(12)7(9)10/h7-8,10H,3-6H2,1-2H3;6-8H,4-5,9-10H2,1-3H3;3-4,7H,1-2,5-6H2. The number of rotatable bonds is 14. The van der Waals surface area contributed by atoms with E-state index in [9.17, 15) is 23.6 Å². The molecule has 0 N–H and O–H groups in total. The Morgan fingerprint density at radius 2 is 1.72 bits per heavy atom. The molecule has 0 radical (unpaired) electrons. The second-order valence-corrected chi connectivity index (χ2v) is 14.0. The van der Waals surface area contributed by atoms with Crippen molar-refractivity contribution in [3.05, 3.63) is 88.9 Å². The molecule has 0 bridgehead atoms. The van der Waals surface area contributed by atoms with Gasteiger partial charge >= 0.3 is 12.0 Å². The van der Waals surface area contributed by atoms with Crippen molar-refractivity contribution in [3.63, 3.8) is 0 Å². The average molecular weight is 832 g/mol. The van der Waals surface area contributed by atoms with Gasteiger partial charge in [-0.2, -0.15) is 0 Å². The SMILES string of the molecule is C=CCN(CC=C)C(=O)C(Cl)Cl.CC(C)=C1OC(=O)N(c2cc(OC3CCCC3)c(Cl)cc2F)C1=O.CCOCN(C(=O)CCl)c1c(C)cccc1CC. The number of nitrogens with zero attached hydrogens (tertiary/aromatic N) is 3. The maximum atomic E-state index is 14.3. The number of carbonyl (C=O) groups excluding carboxylic acids is 4.